The Morgan fingerprint density at radius 2 is 2.00 bits per heavy atom. The van der Waals surface area contributed by atoms with Crippen LogP contribution in [0, 0.1) is 24.1 Å². The van der Waals surface area contributed by atoms with Gasteiger partial charge in [0, 0.05) is 6.54 Å². The summed E-state index contributed by atoms with van der Waals surface area (Å²) in [5.74, 6) is -0.444. The lowest BCUT2D eigenvalue weighted by Crippen LogP contribution is -2.34. The van der Waals surface area contributed by atoms with Crippen molar-refractivity contribution < 1.29 is 9.18 Å². The van der Waals surface area contributed by atoms with Gasteiger partial charge < -0.3 is 5.32 Å². The Labute approximate surface area is 109 Å². The summed E-state index contributed by atoms with van der Waals surface area (Å²) in [6.07, 6.45) is 0. The number of halogens is 1. The van der Waals surface area contributed by atoms with Crippen molar-refractivity contribution in [2.75, 3.05) is 6.54 Å². The monoisotopic (exact) mass is 251 g/mol. The zero-order chi connectivity index (χ0) is 13.9. The van der Waals surface area contributed by atoms with Crippen LogP contribution < -0.4 is 5.32 Å². The Morgan fingerprint density at radius 1 is 1.39 bits per heavy atom. The summed E-state index contributed by atoms with van der Waals surface area (Å²) in [6.45, 7) is 10.7. The molecule has 0 saturated carbocycles. The van der Waals surface area contributed by atoms with E-state index < -0.39 is 5.82 Å². The third-order valence-electron chi connectivity index (χ3n) is 3.48. The van der Waals surface area contributed by atoms with E-state index in [4.69, 9.17) is 0 Å². The Morgan fingerprint density at radius 3 is 2.56 bits per heavy atom. The summed E-state index contributed by atoms with van der Waals surface area (Å²) >= 11 is 0. The lowest BCUT2D eigenvalue weighted by Gasteiger charge is -2.27. The van der Waals surface area contributed by atoms with Gasteiger partial charge in [-0.25, -0.2) is 4.39 Å². The molecule has 0 heterocycles. The van der Waals surface area contributed by atoms with Crippen LogP contribution in [0.3, 0.4) is 0 Å². The van der Waals surface area contributed by atoms with E-state index in [0.717, 1.165) is 0 Å². The molecule has 0 aliphatic carbocycles. The number of nitrogens with one attached hydrogen (secondary N) is 1. The molecule has 1 unspecified atom stereocenters. The van der Waals surface area contributed by atoms with E-state index in [1.807, 2.05) is 0 Å². The first-order chi connectivity index (χ1) is 8.23. The molecule has 0 radical (unpaired) electrons. The second-order valence-corrected chi connectivity index (χ2v) is 5.91. The van der Waals surface area contributed by atoms with Gasteiger partial charge in [0.05, 0.1) is 5.56 Å². The SMILES string of the molecule is Cc1cccc(C(=O)NCC(C)C(C)(C)C)c1F. The fourth-order valence-corrected chi connectivity index (χ4v) is 1.47. The molecule has 0 fully saturated rings. The Hall–Kier alpha value is -1.38. The van der Waals surface area contributed by atoms with E-state index in [-0.39, 0.29) is 16.9 Å². The summed E-state index contributed by atoms with van der Waals surface area (Å²) in [5.41, 5.74) is 0.737. The number of rotatable bonds is 3. The quantitative estimate of drug-likeness (QED) is 0.874. The maximum absolute atomic E-state index is 13.7. The number of carbonyl (C=O) groups is 1. The maximum Gasteiger partial charge on any atom is 0.254 e. The first-order valence-electron chi connectivity index (χ1n) is 6.26. The van der Waals surface area contributed by atoms with Gasteiger partial charge in [-0.3, -0.25) is 4.79 Å². The van der Waals surface area contributed by atoms with Crippen LogP contribution in [-0.2, 0) is 0 Å². The lowest BCUT2D eigenvalue weighted by molar-refractivity contribution is 0.0933. The lowest BCUT2D eigenvalue weighted by atomic mass is 9.82. The van der Waals surface area contributed by atoms with Gasteiger partial charge in [-0.15, -0.1) is 0 Å². The molecule has 1 amide bonds. The zero-order valence-electron chi connectivity index (χ0n) is 11.8. The molecule has 100 valence electrons. The molecule has 3 heteroatoms. The maximum atomic E-state index is 13.7. The van der Waals surface area contributed by atoms with Crippen molar-refractivity contribution in [1.29, 1.82) is 0 Å². The van der Waals surface area contributed by atoms with Crippen LogP contribution in [0.2, 0.25) is 0 Å². The van der Waals surface area contributed by atoms with Crippen molar-refractivity contribution in [2.24, 2.45) is 11.3 Å². The summed E-state index contributed by atoms with van der Waals surface area (Å²) in [5, 5.41) is 2.79. The fourth-order valence-electron chi connectivity index (χ4n) is 1.47. The van der Waals surface area contributed by atoms with E-state index in [9.17, 15) is 9.18 Å². The molecule has 2 nitrogen and oxygen atoms in total. The van der Waals surface area contributed by atoms with Gasteiger partial charge in [0.15, 0.2) is 0 Å². The van der Waals surface area contributed by atoms with Crippen molar-refractivity contribution in [2.45, 2.75) is 34.6 Å². The molecule has 0 aromatic heterocycles. The molecule has 0 spiro atoms. The first-order valence-corrected chi connectivity index (χ1v) is 6.26. The summed E-state index contributed by atoms with van der Waals surface area (Å²) in [6, 6.07) is 4.86. The van der Waals surface area contributed by atoms with Crippen molar-refractivity contribution in [1.82, 2.24) is 5.32 Å². The normalized spacial score (nSPS) is 13.2. The van der Waals surface area contributed by atoms with Crippen LogP contribution in [0.15, 0.2) is 18.2 Å². The van der Waals surface area contributed by atoms with E-state index in [2.05, 4.69) is 33.0 Å². The molecule has 1 aromatic carbocycles. The molecule has 0 saturated heterocycles. The standard InChI is InChI=1S/C15H22FNO/c1-10-7-6-8-12(13(10)16)14(18)17-9-11(2)15(3,4)5/h6-8,11H,9H2,1-5H3,(H,17,18). The molecule has 0 aliphatic rings. The van der Waals surface area contributed by atoms with Gasteiger partial charge in [0.1, 0.15) is 5.82 Å². The largest absolute Gasteiger partial charge is 0.352 e. The van der Waals surface area contributed by atoms with Crippen LogP contribution in [0.5, 0.6) is 0 Å². The summed E-state index contributed by atoms with van der Waals surface area (Å²) < 4.78 is 13.7. The van der Waals surface area contributed by atoms with Gasteiger partial charge in [-0.1, -0.05) is 39.8 Å². The Balaban J connectivity index is 2.70. The average molecular weight is 251 g/mol. The van der Waals surface area contributed by atoms with E-state index in [0.29, 0.717) is 18.0 Å². The number of aryl methyl sites for hydroxylation is 1. The van der Waals surface area contributed by atoms with Gasteiger partial charge in [0.2, 0.25) is 0 Å². The minimum Gasteiger partial charge on any atom is -0.352 e. The van der Waals surface area contributed by atoms with E-state index in [1.165, 1.54) is 6.07 Å². The van der Waals surface area contributed by atoms with Gasteiger partial charge in [-0.2, -0.15) is 0 Å². The molecular weight excluding hydrogens is 229 g/mol. The minimum absolute atomic E-state index is 0.121. The van der Waals surface area contributed by atoms with Crippen LogP contribution in [-0.4, -0.2) is 12.5 Å². The average Bonchev–Trinajstić information content (AvgIpc) is 2.27. The molecule has 1 aromatic rings. The number of benzene rings is 1. The van der Waals surface area contributed by atoms with E-state index in [1.54, 1.807) is 19.1 Å². The number of carbonyl (C=O) groups excluding carboxylic acids is 1. The molecule has 0 aliphatic heterocycles. The number of hydrogen-bond acceptors (Lipinski definition) is 1. The van der Waals surface area contributed by atoms with Crippen LogP contribution in [0.25, 0.3) is 0 Å². The first kappa shape index (κ1) is 14.7. The number of hydrogen-bond donors (Lipinski definition) is 1. The smallest absolute Gasteiger partial charge is 0.254 e. The second-order valence-electron chi connectivity index (χ2n) is 5.91. The highest BCUT2D eigenvalue weighted by molar-refractivity contribution is 5.94. The third kappa shape index (κ3) is 3.56. The second kappa shape index (κ2) is 5.51. The predicted octanol–water partition coefficient (Wildman–Crippen LogP) is 3.55. The Kier molecular flexibility index (Phi) is 4.49. The highest BCUT2D eigenvalue weighted by Gasteiger charge is 2.21. The van der Waals surface area contributed by atoms with Crippen molar-refractivity contribution >= 4 is 5.91 Å². The molecular formula is C15H22FNO. The topological polar surface area (TPSA) is 29.1 Å². The summed E-state index contributed by atoms with van der Waals surface area (Å²) in [7, 11) is 0. The van der Waals surface area contributed by atoms with Crippen LogP contribution in [0.1, 0.15) is 43.6 Å². The highest BCUT2D eigenvalue weighted by atomic mass is 19.1. The van der Waals surface area contributed by atoms with Crippen molar-refractivity contribution in [3.8, 4) is 0 Å². The predicted molar refractivity (Wildman–Crippen MR) is 72.1 cm³/mol. The van der Waals surface area contributed by atoms with Gasteiger partial charge in [-0.05, 0) is 29.9 Å². The molecule has 1 atom stereocenters. The molecule has 0 bridgehead atoms. The summed E-state index contributed by atoms with van der Waals surface area (Å²) in [4.78, 5) is 11.9. The van der Waals surface area contributed by atoms with Crippen molar-refractivity contribution in [3.05, 3.63) is 35.1 Å². The Bertz CT molecular complexity index is 435. The van der Waals surface area contributed by atoms with Crippen LogP contribution >= 0.6 is 0 Å². The van der Waals surface area contributed by atoms with Gasteiger partial charge >= 0.3 is 0 Å². The fraction of sp³-hybridized carbons (Fsp3) is 0.533. The van der Waals surface area contributed by atoms with E-state index >= 15 is 0 Å². The minimum atomic E-state index is -0.432. The molecule has 1 rings (SSSR count). The highest BCUT2D eigenvalue weighted by Crippen LogP contribution is 2.24. The number of amides is 1. The molecule has 18 heavy (non-hydrogen) atoms. The molecule has 1 N–H and O–H groups in total. The van der Waals surface area contributed by atoms with Crippen molar-refractivity contribution in [3.63, 3.8) is 0 Å². The van der Waals surface area contributed by atoms with Crippen LogP contribution in [0.4, 0.5) is 4.39 Å². The zero-order valence-corrected chi connectivity index (χ0v) is 11.8. The van der Waals surface area contributed by atoms with Gasteiger partial charge in [0.25, 0.3) is 5.91 Å². The third-order valence-corrected chi connectivity index (χ3v) is 3.48.